The number of thioether (sulfide) groups is 1. The molecule has 132 valence electrons. The number of anilines is 1. The Morgan fingerprint density at radius 2 is 1.76 bits per heavy atom. The maximum absolute atomic E-state index is 12.8. The van der Waals surface area contributed by atoms with Crippen molar-refractivity contribution in [2.45, 2.75) is 17.9 Å². The summed E-state index contributed by atoms with van der Waals surface area (Å²) in [4.78, 5) is 24.7. The van der Waals surface area contributed by atoms with Crippen molar-refractivity contribution >= 4 is 29.3 Å². The van der Waals surface area contributed by atoms with Crippen LogP contribution >= 0.6 is 11.8 Å². The molecule has 0 spiro atoms. The Labute approximate surface area is 149 Å². The van der Waals surface area contributed by atoms with Gasteiger partial charge in [0.25, 0.3) is 5.91 Å². The third-order valence-electron chi connectivity index (χ3n) is 3.21. The van der Waals surface area contributed by atoms with Crippen LogP contribution in [0.1, 0.15) is 6.92 Å². The molecule has 1 amide bonds. The van der Waals surface area contributed by atoms with E-state index in [4.69, 9.17) is 9.47 Å². The molecule has 2 rings (SSSR count). The highest BCUT2D eigenvalue weighted by Crippen LogP contribution is 2.21. The van der Waals surface area contributed by atoms with E-state index >= 15 is 0 Å². The molecule has 1 N–H and O–H groups in total. The number of methoxy groups -OCH3 is 1. The fourth-order valence-corrected chi connectivity index (χ4v) is 2.56. The third-order valence-corrected chi connectivity index (χ3v) is 4.19. The number of carbonyl (C=O) groups excluding carboxylic acids is 2. The minimum absolute atomic E-state index is 0.0838. The van der Waals surface area contributed by atoms with Crippen molar-refractivity contribution < 1.29 is 23.5 Å². The van der Waals surface area contributed by atoms with Crippen LogP contribution in [-0.2, 0) is 14.3 Å². The number of nitrogens with one attached hydrogen (secondary N) is 1. The van der Waals surface area contributed by atoms with E-state index in [0.717, 1.165) is 10.6 Å². The quantitative estimate of drug-likeness (QED) is 0.603. The number of esters is 1. The van der Waals surface area contributed by atoms with Gasteiger partial charge in [-0.25, -0.2) is 4.39 Å². The van der Waals surface area contributed by atoms with E-state index in [1.54, 1.807) is 19.2 Å². The van der Waals surface area contributed by atoms with Crippen LogP contribution in [-0.4, -0.2) is 30.8 Å². The van der Waals surface area contributed by atoms with Gasteiger partial charge in [-0.15, -0.1) is 11.8 Å². The summed E-state index contributed by atoms with van der Waals surface area (Å²) in [7, 11) is 1.58. The number of hydrogen-bond acceptors (Lipinski definition) is 5. The van der Waals surface area contributed by atoms with Gasteiger partial charge in [0.05, 0.1) is 12.9 Å². The maximum atomic E-state index is 12.8. The molecule has 0 bridgehead atoms. The number of rotatable bonds is 7. The summed E-state index contributed by atoms with van der Waals surface area (Å²) < 4.78 is 23.0. The van der Waals surface area contributed by atoms with Crippen molar-refractivity contribution in [3.05, 3.63) is 54.3 Å². The van der Waals surface area contributed by atoms with E-state index in [0.29, 0.717) is 5.69 Å². The molecular formula is C18H18FNO4S. The molecule has 5 nitrogen and oxygen atoms in total. The first-order valence-electron chi connectivity index (χ1n) is 7.50. The lowest BCUT2D eigenvalue weighted by atomic mass is 10.3. The van der Waals surface area contributed by atoms with Crippen LogP contribution in [0.3, 0.4) is 0 Å². The zero-order valence-corrected chi connectivity index (χ0v) is 14.6. The first-order chi connectivity index (χ1) is 12.0. The van der Waals surface area contributed by atoms with Gasteiger partial charge in [-0.2, -0.15) is 0 Å². The molecule has 1 atom stereocenters. The van der Waals surface area contributed by atoms with E-state index in [2.05, 4.69) is 5.32 Å². The minimum Gasteiger partial charge on any atom is -0.497 e. The van der Waals surface area contributed by atoms with Crippen molar-refractivity contribution in [2.75, 3.05) is 18.2 Å². The van der Waals surface area contributed by atoms with Crippen molar-refractivity contribution in [1.82, 2.24) is 0 Å². The average Bonchev–Trinajstić information content (AvgIpc) is 2.62. The number of halogens is 1. The Balaban J connectivity index is 1.78. The molecule has 0 aliphatic carbocycles. The summed E-state index contributed by atoms with van der Waals surface area (Å²) in [6.07, 6.45) is -0.950. The molecule has 0 heterocycles. The van der Waals surface area contributed by atoms with Gasteiger partial charge in [-0.05, 0) is 55.5 Å². The summed E-state index contributed by atoms with van der Waals surface area (Å²) in [5, 5.41) is 2.56. The van der Waals surface area contributed by atoms with Crippen LogP contribution in [0, 0.1) is 5.82 Å². The lowest BCUT2D eigenvalue weighted by Gasteiger charge is -2.13. The van der Waals surface area contributed by atoms with Gasteiger partial charge in [0, 0.05) is 10.6 Å². The second-order valence-electron chi connectivity index (χ2n) is 5.09. The molecular weight excluding hydrogens is 345 g/mol. The molecule has 7 heteroatoms. The van der Waals surface area contributed by atoms with Crippen molar-refractivity contribution in [1.29, 1.82) is 0 Å². The third kappa shape index (κ3) is 6.11. The molecule has 0 aliphatic rings. The van der Waals surface area contributed by atoms with Gasteiger partial charge in [0.1, 0.15) is 11.6 Å². The summed E-state index contributed by atoms with van der Waals surface area (Å²) in [5.74, 6) is -0.552. The van der Waals surface area contributed by atoms with Crippen LogP contribution in [0.25, 0.3) is 0 Å². The lowest BCUT2D eigenvalue weighted by Crippen LogP contribution is -2.30. The van der Waals surface area contributed by atoms with Crippen molar-refractivity contribution in [3.63, 3.8) is 0 Å². The van der Waals surface area contributed by atoms with Crippen LogP contribution in [0.4, 0.5) is 10.1 Å². The Bertz CT molecular complexity index is 719. The maximum Gasteiger partial charge on any atom is 0.317 e. The smallest absolute Gasteiger partial charge is 0.317 e. The fourth-order valence-electron chi connectivity index (χ4n) is 1.88. The molecule has 0 aromatic heterocycles. The molecule has 0 unspecified atom stereocenters. The number of hydrogen-bond donors (Lipinski definition) is 1. The lowest BCUT2D eigenvalue weighted by molar-refractivity contribution is -0.150. The topological polar surface area (TPSA) is 64.6 Å². The van der Waals surface area contributed by atoms with Crippen LogP contribution in [0.5, 0.6) is 5.75 Å². The number of ether oxygens (including phenoxy) is 2. The fraction of sp³-hybridized carbons (Fsp3) is 0.222. The van der Waals surface area contributed by atoms with Gasteiger partial charge in [0.15, 0.2) is 6.10 Å². The van der Waals surface area contributed by atoms with Gasteiger partial charge in [0.2, 0.25) is 0 Å². The van der Waals surface area contributed by atoms with Crippen molar-refractivity contribution in [2.24, 2.45) is 0 Å². The molecule has 0 saturated carbocycles. The Hall–Kier alpha value is -2.54. The number of amides is 1. The van der Waals surface area contributed by atoms with Gasteiger partial charge < -0.3 is 14.8 Å². The largest absolute Gasteiger partial charge is 0.497 e. The predicted octanol–water partition coefficient (Wildman–Crippen LogP) is 3.50. The van der Waals surface area contributed by atoms with Crippen molar-refractivity contribution in [3.8, 4) is 5.75 Å². The van der Waals surface area contributed by atoms with E-state index in [1.165, 1.54) is 43.0 Å². The summed E-state index contributed by atoms with van der Waals surface area (Å²) in [5.41, 5.74) is 0.432. The zero-order chi connectivity index (χ0) is 18.2. The predicted molar refractivity (Wildman–Crippen MR) is 94.3 cm³/mol. The van der Waals surface area contributed by atoms with E-state index < -0.39 is 23.8 Å². The summed E-state index contributed by atoms with van der Waals surface area (Å²) in [6, 6.07) is 12.6. The SMILES string of the molecule is COc1ccc(SCC(=O)O[C@H](C)C(=O)Nc2ccc(F)cc2)cc1. The molecule has 0 fully saturated rings. The van der Waals surface area contributed by atoms with E-state index in [1.807, 2.05) is 12.1 Å². The van der Waals surface area contributed by atoms with E-state index in [9.17, 15) is 14.0 Å². The molecule has 0 aliphatic heterocycles. The van der Waals surface area contributed by atoms with Crippen LogP contribution < -0.4 is 10.1 Å². The van der Waals surface area contributed by atoms with Crippen LogP contribution in [0.15, 0.2) is 53.4 Å². The highest BCUT2D eigenvalue weighted by molar-refractivity contribution is 8.00. The Morgan fingerprint density at radius 1 is 1.12 bits per heavy atom. The standard InChI is InChI=1S/C18H18FNO4S/c1-12(18(22)20-14-5-3-13(19)4-6-14)24-17(21)11-25-16-9-7-15(23-2)8-10-16/h3-10,12H,11H2,1-2H3,(H,20,22)/t12-/m1/s1. The minimum atomic E-state index is -0.950. The number of carbonyl (C=O) groups is 2. The monoisotopic (exact) mass is 363 g/mol. The first kappa shape index (κ1) is 18.8. The Morgan fingerprint density at radius 3 is 2.36 bits per heavy atom. The highest BCUT2D eigenvalue weighted by Gasteiger charge is 2.18. The van der Waals surface area contributed by atoms with E-state index in [-0.39, 0.29) is 5.75 Å². The summed E-state index contributed by atoms with van der Waals surface area (Å²) in [6.45, 7) is 1.48. The second kappa shape index (κ2) is 9.08. The zero-order valence-electron chi connectivity index (χ0n) is 13.8. The average molecular weight is 363 g/mol. The van der Waals surface area contributed by atoms with Crippen LogP contribution in [0.2, 0.25) is 0 Å². The highest BCUT2D eigenvalue weighted by atomic mass is 32.2. The molecule has 0 radical (unpaired) electrons. The van der Waals surface area contributed by atoms with Gasteiger partial charge in [-0.3, -0.25) is 9.59 Å². The molecule has 2 aromatic rings. The summed E-state index contributed by atoms with van der Waals surface area (Å²) >= 11 is 1.30. The molecule has 0 saturated heterocycles. The first-order valence-corrected chi connectivity index (χ1v) is 8.49. The van der Waals surface area contributed by atoms with Gasteiger partial charge >= 0.3 is 5.97 Å². The second-order valence-corrected chi connectivity index (χ2v) is 6.14. The molecule has 25 heavy (non-hydrogen) atoms. The number of benzene rings is 2. The normalized spacial score (nSPS) is 11.5. The Kier molecular flexibility index (Phi) is 6.82. The molecule has 2 aromatic carbocycles. The van der Waals surface area contributed by atoms with Gasteiger partial charge in [-0.1, -0.05) is 0 Å².